The largest absolute Gasteiger partial charge is 0.481 e. The molecule has 1 aromatic heterocycles. The summed E-state index contributed by atoms with van der Waals surface area (Å²) in [6, 6.07) is 16.2. The van der Waals surface area contributed by atoms with Crippen LogP contribution in [0.15, 0.2) is 53.1 Å². The summed E-state index contributed by atoms with van der Waals surface area (Å²) in [5.41, 5.74) is 4.58. The number of hydrogen-bond donors (Lipinski definition) is 2. The Morgan fingerprint density at radius 3 is 2.36 bits per heavy atom. The Morgan fingerprint density at radius 2 is 1.71 bits per heavy atom. The van der Waals surface area contributed by atoms with E-state index in [0.717, 1.165) is 22.3 Å². The standard InChI is InChI=1S/C20H17N3O5/c24-19(25)9-17-22-18(28-23-17)10-21-20(26)27-11-16-14-7-3-1-5-12(14)13-6-2-4-8-15(13)16/h1-8,16H,9-11H2,(H,21,26)(H,24,25). The number of benzene rings is 2. The van der Waals surface area contributed by atoms with Crippen LogP contribution < -0.4 is 5.32 Å². The Labute approximate surface area is 160 Å². The number of carboxylic acids is 1. The highest BCUT2D eigenvalue weighted by molar-refractivity contribution is 5.79. The normalized spacial score (nSPS) is 12.3. The Hall–Kier alpha value is -3.68. The van der Waals surface area contributed by atoms with Crippen molar-refractivity contribution in [1.82, 2.24) is 15.5 Å². The van der Waals surface area contributed by atoms with Crippen LogP contribution >= 0.6 is 0 Å². The van der Waals surface area contributed by atoms with Crippen LogP contribution in [0.3, 0.4) is 0 Å². The van der Waals surface area contributed by atoms with Gasteiger partial charge in [0.1, 0.15) is 19.6 Å². The average Bonchev–Trinajstić information content (AvgIpc) is 3.26. The molecule has 2 N–H and O–H groups in total. The number of nitrogens with one attached hydrogen (secondary N) is 1. The summed E-state index contributed by atoms with van der Waals surface area (Å²) in [5.74, 6) is -0.915. The average molecular weight is 379 g/mol. The van der Waals surface area contributed by atoms with Crippen molar-refractivity contribution in [2.75, 3.05) is 6.61 Å². The number of aromatic nitrogens is 2. The van der Waals surface area contributed by atoms with Gasteiger partial charge in [-0.2, -0.15) is 4.98 Å². The lowest BCUT2D eigenvalue weighted by Gasteiger charge is -2.14. The van der Waals surface area contributed by atoms with Crippen LogP contribution in [0, 0.1) is 0 Å². The predicted molar refractivity (Wildman–Crippen MR) is 97.5 cm³/mol. The molecule has 2 aromatic carbocycles. The lowest BCUT2D eigenvalue weighted by Crippen LogP contribution is -2.25. The molecule has 3 aromatic rings. The van der Waals surface area contributed by atoms with Gasteiger partial charge in [0.15, 0.2) is 5.82 Å². The molecule has 1 aliphatic rings. The third-order valence-corrected chi connectivity index (χ3v) is 4.55. The molecule has 0 saturated heterocycles. The van der Waals surface area contributed by atoms with Gasteiger partial charge in [-0.05, 0) is 22.3 Å². The van der Waals surface area contributed by atoms with Gasteiger partial charge in [0.05, 0.1) is 0 Å². The second-order valence-corrected chi connectivity index (χ2v) is 6.35. The van der Waals surface area contributed by atoms with Crippen LogP contribution in [-0.4, -0.2) is 33.9 Å². The summed E-state index contributed by atoms with van der Waals surface area (Å²) in [6.07, 6.45) is -0.950. The molecule has 28 heavy (non-hydrogen) atoms. The Balaban J connectivity index is 1.36. The van der Waals surface area contributed by atoms with E-state index in [4.69, 9.17) is 14.4 Å². The topological polar surface area (TPSA) is 115 Å². The molecule has 8 heteroatoms. The lowest BCUT2D eigenvalue weighted by atomic mass is 9.98. The Bertz CT molecular complexity index is 984. The van der Waals surface area contributed by atoms with Crippen molar-refractivity contribution in [3.8, 4) is 11.1 Å². The summed E-state index contributed by atoms with van der Waals surface area (Å²) in [7, 11) is 0. The predicted octanol–water partition coefficient (Wildman–Crippen LogP) is 2.74. The molecule has 0 aliphatic heterocycles. The van der Waals surface area contributed by atoms with Crippen molar-refractivity contribution in [3.63, 3.8) is 0 Å². The van der Waals surface area contributed by atoms with Gasteiger partial charge in [-0.25, -0.2) is 4.79 Å². The SMILES string of the molecule is O=C(O)Cc1noc(CNC(=O)OCC2c3ccccc3-c3ccccc32)n1. The van der Waals surface area contributed by atoms with E-state index in [1.54, 1.807) is 0 Å². The quantitative estimate of drug-likeness (QED) is 0.677. The van der Waals surface area contributed by atoms with Crippen molar-refractivity contribution in [3.05, 3.63) is 71.4 Å². The molecular weight excluding hydrogens is 362 g/mol. The number of aliphatic carboxylic acids is 1. The van der Waals surface area contributed by atoms with Gasteiger partial charge in [-0.15, -0.1) is 0 Å². The summed E-state index contributed by atoms with van der Waals surface area (Å²) in [6.45, 7) is 0.164. The van der Waals surface area contributed by atoms with Gasteiger partial charge in [0.25, 0.3) is 0 Å². The van der Waals surface area contributed by atoms with E-state index < -0.39 is 12.1 Å². The number of carboxylic acid groups (broad SMARTS) is 1. The maximum atomic E-state index is 12.1. The smallest absolute Gasteiger partial charge is 0.407 e. The van der Waals surface area contributed by atoms with Crippen LogP contribution in [0.4, 0.5) is 4.79 Å². The zero-order valence-electron chi connectivity index (χ0n) is 14.8. The maximum absolute atomic E-state index is 12.1. The fourth-order valence-corrected chi connectivity index (χ4v) is 3.37. The molecule has 0 fully saturated rings. The van der Waals surface area contributed by atoms with Gasteiger partial charge >= 0.3 is 12.1 Å². The fourth-order valence-electron chi connectivity index (χ4n) is 3.37. The number of nitrogens with zero attached hydrogens (tertiary/aromatic N) is 2. The number of fused-ring (bicyclic) bond motifs is 3. The first-order valence-electron chi connectivity index (χ1n) is 8.74. The van der Waals surface area contributed by atoms with Crippen LogP contribution in [0.2, 0.25) is 0 Å². The van der Waals surface area contributed by atoms with Gasteiger partial charge in [-0.3, -0.25) is 4.79 Å². The molecule has 0 spiro atoms. The van der Waals surface area contributed by atoms with E-state index in [0.29, 0.717) is 0 Å². The highest BCUT2D eigenvalue weighted by Crippen LogP contribution is 2.44. The van der Waals surface area contributed by atoms with Crippen LogP contribution in [0.5, 0.6) is 0 Å². The number of carbonyl (C=O) groups excluding carboxylic acids is 1. The third kappa shape index (κ3) is 3.57. The molecule has 0 radical (unpaired) electrons. The zero-order chi connectivity index (χ0) is 19.5. The van der Waals surface area contributed by atoms with Crippen molar-refractivity contribution in [2.45, 2.75) is 18.9 Å². The first kappa shape index (κ1) is 17.7. The monoisotopic (exact) mass is 379 g/mol. The van der Waals surface area contributed by atoms with E-state index in [1.165, 1.54) is 0 Å². The van der Waals surface area contributed by atoms with Crippen LogP contribution in [0.25, 0.3) is 11.1 Å². The Kier molecular flexibility index (Phi) is 4.76. The number of amides is 1. The van der Waals surface area contributed by atoms with Crippen molar-refractivity contribution < 1.29 is 24.0 Å². The van der Waals surface area contributed by atoms with E-state index in [-0.39, 0.29) is 37.2 Å². The van der Waals surface area contributed by atoms with Gasteiger partial charge < -0.3 is 19.7 Å². The molecule has 142 valence electrons. The second-order valence-electron chi connectivity index (χ2n) is 6.35. The fraction of sp³-hybridized carbons (Fsp3) is 0.200. The minimum atomic E-state index is -1.06. The van der Waals surface area contributed by atoms with E-state index in [2.05, 4.69) is 27.6 Å². The lowest BCUT2D eigenvalue weighted by molar-refractivity contribution is -0.136. The van der Waals surface area contributed by atoms with Crippen LogP contribution in [-0.2, 0) is 22.5 Å². The van der Waals surface area contributed by atoms with E-state index in [9.17, 15) is 9.59 Å². The summed E-state index contributed by atoms with van der Waals surface area (Å²) >= 11 is 0. The van der Waals surface area contributed by atoms with E-state index in [1.807, 2.05) is 36.4 Å². The molecule has 1 aliphatic carbocycles. The maximum Gasteiger partial charge on any atom is 0.407 e. The zero-order valence-corrected chi connectivity index (χ0v) is 14.8. The minimum absolute atomic E-state index is 0.0243. The van der Waals surface area contributed by atoms with Gasteiger partial charge in [0, 0.05) is 5.92 Å². The molecule has 0 saturated carbocycles. The second kappa shape index (κ2) is 7.51. The molecule has 4 rings (SSSR count). The molecule has 0 atom stereocenters. The van der Waals surface area contributed by atoms with Gasteiger partial charge in [-0.1, -0.05) is 53.7 Å². The van der Waals surface area contributed by atoms with Crippen molar-refractivity contribution in [1.29, 1.82) is 0 Å². The molecule has 8 nitrogen and oxygen atoms in total. The summed E-state index contributed by atoms with van der Waals surface area (Å²) in [4.78, 5) is 26.6. The Morgan fingerprint density at radius 1 is 1.07 bits per heavy atom. The molecule has 1 amide bonds. The number of ether oxygens (including phenoxy) is 1. The van der Waals surface area contributed by atoms with Gasteiger partial charge in [0.2, 0.25) is 5.89 Å². The summed E-state index contributed by atoms with van der Waals surface area (Å²) in [5, 5.41) is 14.8. The number of alkyl carbamates (subject to hydrolysis) is 1. The molecule has 1 heterocycles. The van der Waals surface area contributed by atoms with Crippen molar-refractivity contribution >= 4 is 12.1 Å². The minimum Gasteiger partial charge on any atom is -0.481 e. The molecule has 0 bridgehead atoms. The highest BCUT2D eigenvalue weighted by Gasteiger charge is 2.29. The number of hydrogen-bond acceptors (Lipinski definition) is 6. The molecule has 0 unspecified atom stereocenters. The highest BCUT2D eigenvalue weighted by atomic mass is 16.5. The first-order chi connectivity index (χ1) is 13.6. The van der Waals surface area contributed by atoms with Crippen LogP contribution in [0.1, 0.15) is 28.8 Å². The third-order valence-electron chi connectivity index (χ3n) is 4.55. The van der Waals surface area contributed by atoms with E-state index >= 15 is 0 Å². The number of carbonyl (C=O) groups is 2. The first-order valence-corrected chi connectivity index (χ1v) is 8.74. The number of rotatable bonds is 6. The summed E-state index contributed by atoms with van der Waals surface area (Å²) < 4.78 is 10.3. The van der Waals surface area contributed by atoms with Crippen molar-refractivity contribution in [2.24, 2.45) is 0 Å². The molecular formula is C20H17N3O5.